The summed E-state index contributed by atoms with van der Waals surface area (Å²) >= 11 is 0. The molecule has 1 N–H and O–H groups in total. The molecule has 1 aromatic heterocycles. The molecule has 3 rings (SSSR count). The van der Waals surface area contributed by atoms with Crippen LogP contribution >= 0.6 is 0 Å². The van der Waals surface area contributed by atoms with Crippen LogP contribution in [0.25, 0.3) is 10.9 Å². The van der Waals surface area contributed by atoms with Gasteiger partial charge in [0.2, 0.25) is 0 Å². The number of hydrogen-bond acceptors (Lipinski definition) is 5. The van der Waals surface area contributed by atoms with Gasteiger partial charge >= 0.3 is 11.6 Å². The van der Waals surface area contributed by atoms with Crippen molar-refractivity contribution in [3.63, 3.8) is 0 Å². The molecule has 98 valence electrons. The summed E-state index contributed by atoms with van der Waals surface area (Å²) in [5, 5.41) is 3.20. The number of nitrogens with zero attached hydrogens (tertiary/aromatic N) is 1. The molecule has 0 atom stereocenters. The van der Waals surface area contributed by atoms with E-state index >= 15 is 0 Å². The highest BCUT2D eigenvalue weighted by molar-refractivity contribution is 5.86. The molecule has 0 fully saturated rings. The summed E-state index contributed by atoms with van der Waals surface area (Å²) < 4.78 is 5.10. The molecule has 0 spiro atoms. The van der Waals surface area contributed by atoms with Gasteiger partial charge in [0.25, 0.3) is 0 Å². The summed E-state index contributed by atoms with van der Waals surface area (Å²) in [6.45, 7) is 0. The van der Waals surface area contributed by atoms with Gasteiger partial charge in [0.1, 0.15) is 6.29 Å². The fourth-order valence-corrected chi connectivity index (χ4v) is 1.86. The maximum absolute atomic E-state index is 11.9. The van der Waals surface area contributed by atoms with Crippen molar-refractivity contribution >= 4 is 28.9 Å². The normalized spacial score (nSPS) is 10.4. The second kappa shape index (κ2) is 4.97. The second-order valence-electron chi connectivity index (χ2n) is 4.19. The van der Waals surface area contributed by atoms with Gasteiger partial charge in [-0.05, 0) is 30.3 Å². The van der Waals surface area contributed by atoms with Crippen LogP contribution in [-0.2, 0) is 0 Å². The van der Waals surface area contributed by atoms with Crippen LogP contribution in [-0.4, -0.2) is 11.3 Å². The number of carbonyl (C=O) groups excluding carboxylic acids is 1. The third-order valence-electron chi connectivity index (χ3n) is 2.81. The number of para-hydroxylation sites is 1. The van der Waals surface area contributed by atoms with E-state index in [1.54, 1.807) is 12.1 Å². The molecule has 0 amide bonds. The molecule has 0 unspecified atom stereocenters. The van der Waals surface area contributed by atoms with Crippen molar-refractivity contribution in [2.24, 2.45) is 0 Å². The molecule has 0 aliphatic carbocycles. The predicted molar refractivity (Wildman–Crippen MR) is 75.4 cm³/mol. The Bertz CT molecular complexity index is 825. The monoisotopic (exact) mass is 266 g/mol. The Balaban J connectivity index is 2.06. The Morgan fingerprint density at radius 3 is 2.65 bits per heavy atom. The molecule has 0 bridgehead atoms. The molecule has 0 saturated heterocycles. The first kappa shape index (κ1) is 12.1. The van der Waals surface area contributed by atoms with E-state index in [4.69, 9.17) is 4.42 Å². The first-order valence-corrected chi connectivity index (χ1v) is 5.98. The van der Waals surface area contributed by atoms with Crippen LogP contribution in [0.4, 0.5) is 11.7 Å². The lowest BCUT2D eigenvalue weighted by Gasteiger charge is -2.04. The van der Waals surface area contributed by atoms with Crippen molar-refractivity contribution in [1.82, 2.24) is 4.98 Å². The second-order valence-corrected chi connectivity index (χ2v) is 4.19. The Labute approximate surface area is 113 Å². The fraction of sp³-hybridized carbons (Fsp3) is 0. The molecule has 5 heteroatoms. The van der Waals surface area contributed by atoms with E-state index in [0.29, 0.717) is 17.4 Å². The molecule has 20 heavy (non-hydrogen) atoms. The lowest BCUT2D eigenvalue weighted by Crippen LogP contribution is -2.05. The summed E-state index contributed by atoms with van der Waals surface area (Å²) in [7, 11) is 0. The standard InChI is InChI=1S/C15H10N2O3/c18-9-10-6-7-13-12(8-10)14(19)20-15(17-13)16-11-4-2-1-3-5-11/h1-9H,(H,16,17). The van der Waals surface area contributed by atoms with E-state index in [9.17, 15) is 9.59 Å². The SMILES string of the molecule is O=Cc1ccc2nc(Nc3ccccc3)oc(=O)c2c1. The quantitative estimate of drug-likeness (QED) is 0.738. The van der Waals surface area contributed by atoms with Crippen molar-refractivity contribution in [3.8, 4) is 0 Å². The number of rotatable bonds is 3. The highest BCUT2D eigenvalue weighted by atomic mass is 16.4. The van der Waals surface area contributed by atoms with Crippen LogP contribution in [0.2, 0.25) is 0 Å². The zero-order chi connectivity index (χ0) is 13.9. The smallest absolute Gasteiger partial charge is 0.348 e. The number of carbonyl (C=O) groups is 1. The van der Waals surface area contributed by atoms with E-state index in [-0.39, 0.29) is 11.4 Å². The summed E-state index contributed by atoms with van der Waals surface area (Å²) in [4.78, 5) is 26.8. The summed E-state index contributed by atoms with van der Waals surface area (Å²) in [6.07, 6.45) is 0.676. The highest BCUT2D eigenvalue weighted by Gasteiger charge is 2.07. The maximum atomic E-state index is 11.9. The summed E-state index contributed by atoms with van der Waals surface area (Å²) in [5.74, 6) is 0. The lowest BCUT2D eigenvalue weighted by atomic mass is 10.2. The van der Waals surface area contributed by atoms with E-state index in [1.165, 1.54) is 6.07 Å². The Kier molecular flexibility index (Phi) is 3.01. The average molecular weight is 266 g/mol. The largest absolute Gasteiger partial charge is 0.388 e. The maximum Gasteiger partial charge on any atom is 0.348 e. The summed E-state index contributed by atoms with van der Waals surface area (Å²) in [5.41, 5.74) is 1.13. The molecule has 1 heterocycles. The molecule has 0 aliphatic heterocycles. The van der Waals surface area contributed by atoms with E-state index in [1.807, 2.05) is 30.3 Å². The van der Waals surface area contributed by atoms with Gasteiger partial charge in [-0.2, -0.15) is 4.98 Å². The number of hydrogen-bond donors (Lipinski definition) is 1. The minimum Gasteiger partial charge on any atom is -0.388 e. The van der Waals surface area contributed by atoms with Crippen molar-refractivity contribution in [2.45, 2.75) is 0 Å². The van der Waals surface area contributed by atoms with Crippen LogP contribution in [0.3, 0.4) is 0 Å². The van der Waals surface area contributed by atoms with Crippen molar-refractivity contribution < 1.29 is 9.21 Å². The van der Waals surface area contributed by atoms with Crippen LogP contribution in [0, 0.1) is 0 Å². The topological polar surface area (TPSA) is 72.2 Å². The van der Waals surface area contributed by atoms with E-state index in [0.717, 1.165) is 5.69 Å². The molecule has 0 aliphatic rings. The fourth-order valence-electron chi connectivity index (χ4n) is 1.86. The molecule has 0 radical (unpaired) electrons. The first-order valence-electron chi connectivity index (χ1n) is 5.98. The van der Waals surface area contributed by atoms with Crippen LogP contribution in [0.15, 0.2) is 57.7 Å². The van der Waals surface area contributed by atoms with Crippen molar-refractivity contribution in [2.75, 3.05) is 5.32 Å². The zero-order valence-corrected chi connectivity index (χ0v) is 10.4. The minimum atomic E-state index is -0.530. The van der Waals surface area contributed by atoms with E-state index in [2.05, 4.69) is 10.3 Å². The molecule has 5 nitrogen and oxygen atoms in total. The minimum absolute atomic E-state index is 0.118. The van der Waals surface area contributed by atoms with Gasteiger partial charge in [0, 0.05) is 11.3 Å². The van der Waals surface area contributed by atoms with Gasteiger partial charge < -0.3 is 9.73 Å². The third-order valence-corrected chi connectivity index (χ3v) is 2.81. The van der Waals surface area contributed by atoms with Gasteiger partial charge in [0.05, 0.1) is 10.9 Å². The number of aromatic nitrogens is 1. The number of anilines is 2. The Hall–Kier alpha value is -2.95. The van der Waals surface area contributed by atoms with Gasteiger partial charge in [-0.15, -0.1) is 0 Å². The predicted octanol–water partition coefficient (Wildman–Crippen LogP) is 2.74. The zero-order valence-electron chi connectivity index (χ0n) is 10.4. The Morgan fingerprint density at radius 2 is 1.90 bits per heavy atom. The van der Waals surface area contributed by atoms with Crippen molar-refractivity contribution in [1.29, 1.82) is 0 Å². The van der Waals surface area contributed by atoms with Crippen LogP contribution in [0.1, 0.15) is 10.4 Å². The van der Waals surface area contributed by atoms with Crippen molar-refractivity contribution in [3.05, 3.63) is 64.5 Å². The first-order chi connectivity index (χ1) is 9.76. The lowest BCUT2D eigenvalue weighted by molar-refractivity contribution is 0.112. The number of aldehydes is 1. The molecule has 2 aromatic carbocycles. The third kappa shape index (κ3) is 2.29. The van der Waals surface area contributed by atoms with Gasteiger partial charge in [-0.3, -0.25) is 4.79 Å². The molecule has 3 aromatic rings. The molecular weight excluding hydrogens is 256 g/mol. The van der Waals surface area contributed by atoms with Gasteiger partial charge in [0.15, 0.2) is 0 Å². The van der Waals surface area contributed by atoms with E-state index < -0.39 is 5.63 Å². The Morgan fingerprint density at radius 1 is 1.10 bits per heavy atom. The van der Waals surface area contributed by atoms with Gasteiger partial charge in [-0.25, -0.2) is 4.79 Å². The van der Waals surface area contributed by atoms with Crippen LogP contribution < -0.4 is 10.9 Å². The number of fused-ring (bicyclic) bond motifs is 1. The highest BCUT2D eigenvalue weighted by Crippen LogP contribution is 2.16. The average Bonchev–Trinajstić information content (AvgIpc) is 2.48. The van der Waals surface area contributed by atoms with Gasteiger partial charge in [-0.1, -0.05) is 18.2 Å². The molecule has 0 saturated carbocycles. The summed E-state index contributed by atoms with van der Waals surface area (Å²) in [6, 6.07) is 14.1. The number of nitrogens with one attached hydrogen (secondary N) is 1. The number of benzene rings is 2. The molecular formula is C15H10N2O3. The van der Waals surface area contributed by atoms with Crippen LogP contribution in [0.5, 0.6) is 0 Å².